The highest BCUT2D eigenvalue weighted by atomic mass is 32.1. The molecule has 0 spiro atoms. The van der Waals surface area contributed by atoms with Crippen molar-refractivity contribution < 1.29 is 5.11 Å². The first-order valence-electron chi connectivity index (χ1n) is 8.69. The zero-order valence-corrected chi connectivity index (χ0v) is 16.4. The van der Waals surface area contributed by atoms with Crippen molar-refractivity contribution in [3.05, 3.63) is 91.0 Å². The summed E-state index contributed by atoms with van der Waals surface area (Å²) in [6, 6.07) is 32.7. The Morgan fingerprint density at radius 1 is 0.720 bits per heavy atom. The smallest absolute Gasteiger partial charge is 0.127 e. The average Bonchev–Trinajstić information content (AvgIpc) is 2.68. The topological polar surface area (TPSA) is 23.1 Å². The Labute approximate surface area is 153 Å². The summed E-state index contributed by atoms with van der Waals surface area (Å²) < 4.78 is 0. The molecule has 0 aromatic heterocycles. The van der Waals surface area contributed by atoms with Crippen LogP contribution >= 0.6 is 15.2 Å². The van der Waals surface area contributed by atoms with Gasteiger partial charge in [0.15, 0.2) is 0 Å². The van der Waals surface area contributed by atoms with Crippen LogP contribution in [0.25, 0.3) is 0 Å². The molecule has 0 aliphatic heterocycles. The lowest BCUT2D eigenvalue weighted by Gasteiger charge is -2.30. The van der Waals surface area contributed by atoms with Crippen LogP contribution in [0.2, 0.25) is 0 Å². The summed E-state index contributed by atoms with van der Waals surface area (Å²) in [5.41, 5.74) is 0.423. The molecule has 2 unspecified atom stereocenters. The second-order valence-corrected chi connectivity index (χ2v) is 13.1. The van der Waals surface area contributed by atoms with Crippen molar-refractivity contribution in [2.24, 2.45) is 0 Å². The number of benzene rings is 3. The Balaban J connectivity index is 2.24. The van der Waals surface area contributed by atoms with Gasteiger partial charge in [0.1, 0.15) is 22.9 Å². The van der Waals surface area contributed by atoms with Crippen LogP contribution in [-0.4, -0.2) is 12.3 Å². The highest BCUT2D eigenvalue weighted by Gasteiger charge is 2.46. The minimum absolute atomic E-state index is 0.00648. The van der Waals surface area contributed by atoms with E-state index in [0.29, 0.717) is 5.66 Å². The highest BCUT2D eigenvalue weighted by Crippen LogP contribution is 2.72. The van der Waals surface area contributed by atoms with Crippen molar-refractivity contribution in [3.63, 3.8) is 0 Å². The number of hydrogen-bond acceptors (Lipinski definition) is 1. The standard InChI is InChI=1S/C22H24OP2/c1-19(17-18-23)24-25(20-11-5-2-6-12-20,21-13-7-3-8-14-21)22-15-9-4-10-16-22/h2-16,19,24H,17-18H2,1H3. The van der Waals surface area contributed by atoms with Crippen LogP contribution in [0.5, 0.6) is 0 Å². The molecule has 25 heavy (non-hydrogen) atoms. The third kappa shape index (κ3) is 4.01. The van der Waals surface area contributed by atoms with Gasteiger partial charge < -0.3 is 5.11 Å². The van der Waals surface area contributed by atoms with Gasteiger partial charge in [0, 0.05) is 5.66 Å². The van der Waals surface area contributed by atoms with E-state index in [0.717, 1.165) is 14.7 Å². The molecule has 0 aliphatic carbocycles. The molecule has 3 aromatic rings. The van der Waals surface area contributed by atoms with Crippen molar-refractivity contribution >= 4 is 31.1 Å². The zero-order chi connectivity index (χ0) is 17.5. The largest absolute Gasteiger partial charge is 0.854 e. The van der Waals surface area contributed by atoms with E-state index in [-0.39, 0.29) is 6.61 Å². The molecule has 0 aliphatic rings. The molecule has 0 N–H and O–H groups in total. The van der Waals surface area contributed by atoms with Crippen LogP contribution in [0, 0.1) is 0 Å². The van der Waals surface area contributed by atoms with Gasteiger partial charge >= 0.3 is 0 Å². The zero-order valence-electron chi connectivity index (χ0n) is 14.5. The molecule has 0 saturated carbocycles. The third-order valence-electron chi connectivity index (χ3n) is 4.40. The van der Waals surface area contributed by atoms with Crippen molar-refractivity contribution in [1.29, 1.82) is 0 Å². The van der Waals surface area contributed by atoms with Crippen LogP contribution in [0.3, 0.4) is 0 Å². The molecule has 0 radical (unpaired) electrons. The first-order chi connectivity index (χ1) is 12.3. The molecular formula is C22H24OP2. The summed E-state index contributed by atoms with van der Waals surface area (Å²) in [7, 11) is 0.718. The van der Waals surface area contributed by atoms with Gasteiger partial charge in [-0.25, -0.2) is 0 Å². The fraction of sp³-hybridized carbons (Fsp3) is 0.182. The van der Waals surface area contributed by atoms with E-state index >= 15 is 0 Å². The number of hydrogen-bond donors (Lipinski definition) is 0. The lowest BCUT2D eigenvalue weighted by Crippen LogP contribution is -2.29. The Kier molecular flexibility index (Phi) is 6.38. The summed E-state index contributed by atoms with van der Waals surface area (Å²) in [5, 5.41) is 15.5. The van der Waals surface area contributed by atoms with Gasteiger partial charge in [0.2, 0.25) is 0 Å². The molecule has 0 fully saturated rings. The fourth-order valence-corrected chi connectivity index (χ4v) is 12.4. The minimum Gasteiger partial charge on any atom is -0.854 e. The van der Waals surface area contributed by atoms with Crippen LogP contribution in [0.1, 0.15) is 13.3 Å². The summed E-state index contributed by atoms with van der Waals surface area (Å²) in [6.45, 7) is 0.492. The number of rotatable bonds is 7. The Bertz CT molecular complexity index is 663. The predicted octanol–water partition coefficient (Wildman–Crippen LogP) is 3.71. The van der Waals surface area contributed by atoms with Crippen LogP contribution in [0.4, 0.5) is 0 Å². The molecule has 3 aromatic carbocycles. The van der Waals surface area contributed by atoms with Crippen molar-refractivity contribution in [2.45, 2.75) is 19.0 Å². The maximum absolute atomic E-state index is 11.3. The Morgan fingerprint density at radius 3 is 1.40 bits per heavy atom. The van der Waals surface area contributed by atoms with E-state index in [1.54, 1.807) is 0 Å². The van der Waals surface area contributed by atoms with E-state index < -0.39 is 6.95 Å². The van der Waals surface area contributed by atoms with Crippen molar-refractivity contribution in [1.82, 2.24) is 0 Å². The second kappa shape index (κ2) is 8.72. The van der Waals surface area contributed by atoms with E-state index in [1.807, 2.05) is 0 Å². The SMILES string of the molecule is CC(CC[O-])P[P+](c1ccccc1)(c1ccccc1)c1ccccc1. The van der Waals surface area contributed by atoms with Crippen molar-refractivity contribution in [3.8, 4) is 0 Å². The molecule has 0 bridgehead atoms. The summed E-state index contributed by atoms with van der Waals surface area (Å²) in [5.74, 6) is 0. The van der Waals surface area contributed by atoms with Gasteiger partial charge in [-0.1, -0.05) is 67.9 Å². The van der Waals surface area contributed by atoms with Gasteiger partial charge in [-0.05, 0) is 36.4 Å². The van der Waals surface area contributed by atoms with Gasteiger partial charge in [-0.3, -0.25) is 0 Å². The maximum atomic E-state index is 11.3. The molecule has 0 saturated heterocycles. The summed E-state index contributed by atoms with van der Waals surface area (Å²) in [4.78, 5) is 0. The van der Waals surface area contributed by atoms with Gasteiger partial charge in [0.25, 0.3) is 0 Å². The lowest BCUT2D eigenvalue weighted by atomic mass is 10.3. The van der Waals surface area contributed by atoms with Crippen LogP contribution in [0.15, 0.2) is 91.0 Å². The molecule has 2 atom stereocenters. The maximum Gasteiger partial charge on any atom is 0.127 e. The molecule has 0 amide bonds. The summed E-state index contributed by atoms with van der Waals surface area (Å²) >= 11 is 0. The van der Waals surface area contributed by atoms with Gasteiger partial charge in [-0.15, -0.1) is 6.61 Å². The van der Waals surface area contributed by atoms with Gasteiger partial charge in [-0.2, -0.15) is 0 Å². The van der Waals surface area contributed by atoms with E-state index in [1.165, 1.54) is 15.9 Å². The summed E-state index contributed by atoms with van der Waals surface area (Å²) in [6.07, 6.45) is 0.743. The van der Waals surface area contributed by atoms with Crippen molar-refractivity contribution in [2.75, 3.05) is 6.61 Å². The molecular weight excluding hydrogens is 342 g/mol. The molecule has 3 heteroatoms. The van der Waals surface area contributed by atoms with E-state index in [4.69, 9.17) is 0 Å². The predicted molar refractivity (Wildman–Crippen MR) is 112 cm³/mol. The fourth-order valence-electron chi connectivity index (χ4n) is 3.20. The van der Waals surface area contributed by atoms with Crippen LogP contribution in [-0.2, 0) is 0 Å². The average molecular weight is 366 g/mol. The lowest BCUT2D eigenvalue weighted by molar-refractivity contribution is -0.368. The highest BCUT2D eigenvalue weighted by molar-refractivity contribution is 8.42. The van der Waals surface area contributed by atoms with E-state index in [2.05, 4.69) is 97.9 Å². The first kappa shape index (κ1) is 18.3. The molecule has 3 rings (SSSR count). The normalized spacial score (nSPS) is 13.2. The Morgan fingerprint density at radius 2 is 1.08 bits per heavy atom. The monoisotopic (exact) mass is 366 g/mol. The molecule has 128 valence electrons. The van der Waals surface area contributed by atoms with E-state index in [9.17, 15) is 5.11 Å². The third-order valence-corrected chi connectivity index (χ3v) is 13.5. The second-order valence-electron chi connectivity index (χ2n) is 6.20. The molecule has 1 nitrogen and oxygen atoms in total. The Hall–Kier alpha value is -1.52. The first-order valence-corrected chi connectivity index (χ1v) is 12.4. The minimum atomic E-state index is -1.75. The quantitative estimate of drug-likeness (QED) is 0.585. The van der Waals surface area contributed by atoms with Crippen LogP contribution < -0.4 is 21.0 Å². The molecule has 0 heterocycles. The van der Waals surface area contributed by atoms with Gasteiger partial charge in [0.05, 0.1) is 8.27 Å².